The summed E-state index contributed by atoms with van der Waals surface area (Å²) in [5.74, 6) is 0.932. The molecule has 1 aromatic heterocycles. The van der Waals surface area contributed by atoms with Crippen molar-refractivity contribution in [2.45, 2.75) is 40.3 Å². The smallest absolute Gasteiger partial charge is 0.142 e. The zero-order chi connectivity index (χ0) is 14.4. The lowest BCUT2D eigenvalue weighted by atomic mass is 10.2. The lowest BCUT2D eigenvalue weighted by molar-refractivity contribution is 0.341. The number of aromatic nitrogens is 1. The van der Waals surface area contributed by atoms with Crippen LogP contribution in [0.2, 0.25) is 0 Å². The van der Waals surface area contributed by atoms with Crippen LogP contribution >= 0.6 is 0 Å². The van der Waals surface area contributed by atoms with Crippen molar-refractivity contribution in [3.8, 4) is 5.75 Å². The fourth-order valence-corrected chi connectivity index (χ4v) is 2.31. The summed E-state index contributed by atoms with van der Waals surface area (Å²) in [6.07, 6.45) is 3.29. The van der Waals surface area contributed by atoms with Crippen LogP contribution in [0, 0.1) is 6.92 Å². The molecule has 0 aliphatic heterocycles. The van der Waals surface area contributed by atoms with E-state index in [-0.39, 0.29) is 0 Å². The Balaban J connectivity index is 2.08. The monoisotopic (exact) mass is 272 g/mol. The van der Waals surface area contributed by atoms with Gasteiger partial charge in [0.2, 0.25) is 0 Å². The molecule has 0 radical (unpaired) electrons. The normalized spacial score (nSPS) is 10.6. The number of hydrogen-bond donors (Lipinski definition) is 1. The Morgan fingerprint density at radius 3 is 2.80 bits per heavy atom. The van der Waals surface area contributed by atoms with E-state index in [1.54, 1.807) is 0 Å². The summed E-state index contributed by atoms with van der Waals surface area (Å²) in [7, 11) is 0. The van der Waals surface area contributed by atoms with Crippen molar-refractivity contribution in [1.29, 1.82) is 0 Å². The number of benzene rings is 1. The largest absolute Gasteiger partial charge is 0.492 e. The van der Waals surface area contributed by atoms with E-state index in [9.17, 15) is 0 Å². The van der Waals surface area contributed by atoms with Crippen LogP contribution < -0.4 is 10.1 Å². The van der Waals surface area contributed by atoms with Gasteiger partial charge in [-0.2, -0.15) is 0 Å². The first kappa shape index (κ1) is 14.5. The van der Waals surface area contributed by atoms with Gasteiger partial charge in [-0.3, -0.25) is 0 Å². The quantitative estimate of drug-likeness (QED) is 0.817. The zero-order valence-corrected chi connectivity index (χ0v) is 12.6. The van der Waals surface area contributed by atoms with Gasteiger partial charge in [0.15, 0.2) is 0 Å². The van der Waals surface area contributed by atoms with E-state index in [0.717, 1.165) is 30.9 Å². The minimum atomic E-state index is 0.685. The second kappa shape index (κ2) is 7.04. The van der Waals surface area contributed by atoms with Gasteiger partial charge >= 0.3 is 0 Å². The van der Waals surface area contributed by atoms with Gasteiger partial charge in [-0.1, -0.05) is 13.0 Å². The fraction of sp³-hybridized carbons (Fsp3) is 0.412. The first-order valence-corrected chi connectivity index (χ1v) is 7.36. The first-order chi connectivity index (χ1) is 9.74. The van der Waals surface area contributed by atoms with Gasteiger partial charge in [-0.25, -0.2) is 0 Å². The van der Waals surface area contributed by atoms with E-state index < -0.39 is 0 Å². The van der Waals surface area contributed by atoms with Gasteiger partial charge in [0.25, 0.3) is 0 Å². The maximum Gasteiger partial charge on any atom is 0.142 e. The van der Waals surface area contributed by atoms with Crippen LogP contribution in [0.15, 0.2) is 36.5 Å². The molecule has 0 unspecified atom stereocenters. The Kier molecular flexibility index (Phi) is 5.10. The van der Waals surface area contributed by atoms with Gasteiger partial charge in [-0.15, -0.1) is 0 Å². The van der Waals surface area contributed by atoms with Gasteiger partial charge in [0, 0.05) is 18.4 Å². The Bertz CT molecular complexity index is 546. The Morgan fingerprint density at radius 1 is 1.20 bits per heavy atom. The molecule has 0 saturated carbocycles. The highest BCUT2D eigenvalue weighted by Gasteiger charge is 2.05. The molecule has 0 atom stereocenters. The van der Waals surface area contributed by atoms with Crippen LogP contribution in [0.25, 0.3) is 0 Å². The summed E-state index contributed by atoms with van der Waals surface area (Å²) in [5.41, 5.74) is 3.57. The highest BCUT2D eigenvalue weighted by atomic mass is 16.5. The number of nitrogens with one attached hydrogen (secondary N) is 1. The number of ether oxygens (including phenoxy) is 1. The minimum Gasteiger partial charge on any atom is -0.492 e. The molecule has 0 saturated heterocycles. The average Bonchev–Trinajstić information content (AvgIpc) is 2.86. The number of rotatable bonds is 7. The molecular weight excluding hydrogens is 248 g/mol. The van der Waals surface area contributed by atoms with E-state index in [1.165, 1.54) is 11.3 Å². The summed E-state index contributed by atoms with van der Waals surface area (Å²) in [4.78, 5) is 0. The van der Waals surface area contributed by atoms with Crippen molar-refractivity contribution in [2.75, 3.05) is 11.9 Å². The molecule has 0 aliphatic carbocycles. The summed E-state index contributed by atoms with van der Waals surface area (Å²) < 4.78 is 7.99. The van der Waals surface area contributed by atoms with Crippen molar-refractivity contribution in [2.24, 2.45) is 0 Å². The van der Waals surface area contributed by atoms with Crippen LogP contribution in [0.1, 0.15) is 31.5 Å². The molecule has 2 aromatic rings. The lowest BCUT2D eigenvalue weighted by Crippen LogP contribution is -2.08. The van der Waals surface area contributed by atoms with Crippen LogP contribution in [0.4, 0.5) is 5.69 Å². The first-order valence-electron chi connectivity index (χ1n) is 7.36. The highest BCUT2D eigenvalue weighted by molar-refractivity contribution is 5.57. The summed E-state index contributed by atoms with van der Waals surface area (Å²) in [6.45, 7) is 8.86. The molecular formula is C17H24N2O. The molecule has 0 spiro atoms. The molecule has 20 heavy (non-hydrogen) atoms. The molecule has 0 fully saturated rings. The van der Waals surface area contributed by atoms with Crippen molar-refractivity contribution < 1.29 is 4.74 Å². The molecule has 1 heterocycles. The zero-order valence-electron chi connectivity index (χ0n) is 12.6. The third-order valence-corrected chi connectivity index (χ3v) is 3.28. The maximum atomic E-state index is 5.70. The van der Waals surface area contributed by atoms with Crippen LogP contribution in [0.3, 0.4) is 0 Å². The molecule has 3 heteroatoms. The van der Waals surface area contributed by atoms with Crippen molar-refractivity contribution >= 4 is 5.69 Å². The summed E-state index contributed by atoms with van der Waals surface area (Å²) >= 11 is 0. The van der Waals surface area contributed by atoms with Gasteiger partial charge in [0.05, 0.1) is 18.8 Å². The minimum absolute atomic E-state index is 0.685. The highest BCUT2D eigenvalue weighted by Crippen LogP contribution is 2.26. The maximum absolute atomic E-state index is 5.70. The Hall–Kier alpha value is -1.90. The summed E-state index contributed by atoms with van der Waals surface area (Å²) in [5, 5.41) is 3.48. The Labute approximate surface area is 121 Å². The number of anilines is 1. The van der Waals surface area contributed by atoms with E-state index in [4.69, 9.17) is 4.74 Å². The van der Waals surface area contributed by atoms with Crippen molar-refractivity contribution in [3.05, 3.63) is 47.8 Å². The van der Waals surface area contributed by atoms with Crippen LogP contribution in [-0.4, -0.2) is 11.2 Å². The predicted octanol–water partition coefficient (Wildman–Crippen LogP) is 4.22. The van der Waals surface area contributed by atoms with E-state index in [0.29, 0.717) is 6.61 Å². The molecule has 1 aromatic carbocycles. The molecule has 0 bridgehead atoms. The number of hydrogen-bond acceptors (Lipinski definition) is 2. The van der Waals surface area contributed by atoms with Gasteiger partial charge < -0.3 is 14.6 Å². The lowest BCUT2D eigenvalue weighted by Gasteiger charge is -2.14. The third kappa shape index (κ3) is 3.56. The second-order valence-corrected chi connectivity index (χ2v) is 4.98. The number of nitrogens with zero attached hydrogens (tertiary/aromatic N) is 1. The standard InChI is InChI=1S/C17H24N2O/c1-4-10-19-11-6-7-15(19)13-18-16-9-8-14(3)12-17(16)20-5-2/h6-9,11-12,18H,4-5,10,13H2,1-3H3. The van der Waals surface area contributed by atoms with Crippen molar-refractivity contribution in [1.82, 2.24) is 4.57 Å². The topological polar surface area (TPSA) is 26.2 Å². The van der Waals surface area contributed by atoms with E-state index >= 15 is 0 Å². The predicted molar refractivity (Wildman–Crippen MR) is 84.4 cm³/mol. The second-order valence-electron chi connectivity index (χ2n) is 4.98. The third-order valence-electron chi connectivity index (χ3n) is 3.28. The van der Waals surface area contributed by atoms with Crippen LogP contribution in [0.5, 0.6) is 5.75 Å². The number of aryl methyl sites for hydroxylation is 2. The van der Waals surface area contributed by atoms with E-state index in [2.05, 4.69) is 60.3 Å². The molecule has 108 valence electrons. The Morgan fingerprint density at radius 2 is 2.05 bits per heavy atom. The fourth-order valence-electron chi connectivity index (χ4n) is 2.31. The SMILES string of the molecule is CCCn1cccc1CNc1ccc(C)cc1OCC. The van der Waals surface area contributed by atoms with Crippen LogP contribution in [-0.2, 0) is 13.1 Å². The molecule has 1 N–H and O–H groups in total. The molecule has 2 rings (SSSR count). The van der Waals surface area contributed by atoms with Gasteiger partial charge in [-0.05, 0) is 50.1 Å². The average molecular weight is 272 g/mol. The van der Waals surface area contributed by atoms with Gasteiger partial charge in [0.1, 0.15) is 5.75 Å². The molecule has 3 nitrogen and oxygen atoms in total. The summed E-state index contributed by atoms with van der Waals surface area (Å²) in [6, 6.07) is 10.5. The van der Waals surface area contributed by atoms with Crippen molar-refractivity contribution in [3.63, 3.8) is 0 Å². The molecule has 0 aliphatic rings. The van der Waals surface area contributed by atoms with E-state index in [1.807, 2.05) is 6.92 Å². The molecule has 0 amide bonds.